The number of hydrogen-bond donors (Lipinski definition) is 3. The van der Waals surface area contributed by atoms with Gasteiger partial charge in [-0.15, -0.1) is 0 Å². The zero-order valence-electron chi connectivity index (χ0n) is 8.89. The van der Waals surface area contributed by atoms with Gasteiger partial charge in [0.2, 0.25) is 5.91 Å². The first-order valence-electron chi connectivity index (χ1n) is 4.54. The van der Waals surface area contributed by atoms with Gasteiger partial charge in [0.1, 0.15) is 12.6 Å². The highest BCUT2D eigenvalue weighted by molar-refractivity contribution is 5.86. The van der Waals surface area contributed by atoms with Crippen molar-refractivity contribution < 1.29 is 22.8 Å². The largest absolute Gasteiger partial charge is 0.405 e. The highest BCUT2D eigenvalue weighted by Gasteiger charge is 2.29. The van der Waals surface area contributed by atoms with Gasteiger partial charge >= 0.3 is 12.2 Å². The topological polar surface area (TPSA) is 84.2 Å². The second kappa shape index (κ2) is 5.57. The van der Waals surface area contributed by atoms with E-state index in [0.717, 1.165) is 0 Å². The van der Waals surface area contributed by atoms with E-state index in [0.29, 0.717) is 0 Å². The molecule has 0 fully saturated rings. The van der Waals surface area contributed by atoms with Gasteiger partial charge in [-0.2, -0.15) is 13.2 Å². The summed E-state index contributed by atoms with van der Waals surface area (Å²) in [6.45, 7) is 1.77. The lowest BCUT2D eigenvalue weighted by Gasteiger charge is -2.19. The van der Waals surface area contributed by atoms with Crippen LogP contribution in [0.1, 0.15) is 13.8 Å². The Balaban J connectivity index is 4.17. The molecule has 0 aromatic carbocycles. The number of carbonyl (C=O) groups excluding carboxylic acids is 2. The average Bonchev–Trinajstić information content (AvgIpc) is 2.08. The molecule has 0 rings (SSSR count). The summed E-state index contributed by atoms with van der Waals surface area (Å²) in [5, 5.41) is 3.64. The van der Waals surface area contributed by atoms with Crippen LogP contribution in [0.25, 0.3) is 0 Å². The lowest BCUT2D eigenvalue weighted by molar-refractivity contribution is -0.122. The maximum Gasteiger partial charge on any atom is 0.405 e. The van der Waals surface area contributed by atoms with Gasteiger partial charge < -0.3 is 16.4 Å². The van der Waals surface area contributed by atoms with E-state index < -0.39 is 30.7 Å². The van der Waals surface area contributed by atoms with Gasteiger partial charge in [0, 0.05) is 0 Å². The minimum atomic E-state index is -4.49. The van der Waals surface area contributed by atoms with Crippen LogP contribution in [-0.4, -0.2) is 30.7 Å². The number of amides is 3. The molecule has 4 N–H and O–H groups in total. The summed E-state index contributed by atoms with van der Waals surface area (Å²) in [7, 11) is 0. The lowest BCUT2D eigenvalue weighted by atomic mass is 10.0. The molecule has 8 heteroatoms. The van der Waals surface area contributed by atoms with Crippen LogP contribution in [-0.2, 0) is 4.79 Å². The van der Waals surface area contributed by atoms with Crippen LogP contribution < -0.4 is 16.4 Å². The quantitative estimate of drug-likeness (QED) is 0.663. The monoisotopic (exact) mass is 241 g/mol. The smallest absolute Gasteiger partial charge is 0.368 e. The predicted octanol–water partition coefficient (Wildman–Crippen LogP) is 0.358. The Morgan fingerprint density at radius 3 is 2.12 bits per heavy atom. The van der Waals surface area contributed by atoms with Gasteiger partial charge in [0.05, 0.1) is 0 Å². The first-order chi connectivity index (χ1) is 7.13. The van der Waals surface area contributed by atoms with Crippen molar-refractivity contribution in [3.8, 4) is 0 Å². The Bertz CT molecular complexity index is 266. The van der Waals surface area contributed by atoms with E-state index >= 15 is 0 Å². The Kier molecular flexibility index (Phi) is 5.06. The van der Waals surface area contributed by atoms with Crippen LogP contribution in [0.4, 0.5) is 18.0 Å². The molecule has 0 saturated heterocycles. The van der Waals surface area contributed by atoms with Crippen molar-refractivity contribution in [2.75, 3.05) is 6.54 Å². The minimum absolute atomic E-state index is 0.297. The Labute approximate surface area is 90.6 Å². The number of alkyl halides is 3. The van der Waals surface area contributed by atoms with Gasteiger partial charge in [-0.3, -0.25) is 4.79 Å². The van der Waals surface area contributed by atoms with Crippen LogP contribution >= 0.6 is 0 Å². The molecule has 0 aromatic rings. The Morgan fingerprint density at radius 2 is 1.81 bits per heavy atom. The standard InChI is InChI=1S/C8H14F3N3O2/c1-4(2)5(6(12)15)14-7(16)13-3-8(9,10)11/h4-5H,3H2,1-2H3,(H2,12,15)(H2,13,14,16). The Morgan fingerprint density at radius 1 is 1.31 bits per heavy atom. The molecule has 16 heavy (non-hydrogen) atoms. The van der Waals surface area contributed by atoms with E-state index in [1.165, 1.54) is 0 Å². The maximum absolute atomic E-state index is 11.7. The number of carbonyl (C=O) groups is 2. The number of halogens is 3. The molecule has 94 valence electrons. The molecule has 1 atom stereocenters. The van der Waals surface area contributed by atoms with E-state index in [1.807, 2.05) is 0 Å². The molecule has 0 radical (unpaired) electrons. The third kappa shape index (κ3) is 6.10. The second-order valence-electron chi connectivity index (χ2n) is 3.57. The Hall–Kier alpha value is -1.47. The molecular formula is C8H14F3N3O2. The minimum Gasteiger partial charge on any atom is -0.368 e. The zero-order chi connectivity index (χ0) is 12.9. The molecule has 0 bridgehead atoms. The second-order valence-corrected chi connectivity index (χ2v) is 3.57. The fourth-order valence-electron chi connectivity index (χ4n) is 0.939. The number of hydrogen-bond acceptors (Lipinski definition) is 2. The van der Waals surface area contributed by atoms with Crippen molar-refractivity contribution in [2.24, 2.45) is 11.7 Å². The van der Waals surface area contributed by atoms with Crippen molar-refractivity contribution in [3.05, 3.63) is 0 Å². The molecule has 0 aromatic heterocycles. The van der Waals surface area contributed by atoms with Crippen molar-refractivity contribution >= 4 is 11.9 Å². The summed E-state index contributed by atoms with van der Waals surface area (Å²) in [4.78, 5) is 21.8. The average molecular weight is 241 g/mol. The van der Waals surface area contributed by atoms with E-state index in [2.05, 4.69) is 5.32 Å². The SMILES string of the molecule is CC(C)C(NC(=O)NCC(F)(F)F)C(N)=O. The normalized spacial score (nSPS) is 13.4. The van der Waals surface area contributed by atoms with Crippen molar-refractivity contribution in [3.63, 3.8) is 0 Å². The van der Waals surface area contributed by atoms with Crippen LogP contribution in [0, 0.1) is 5.92 Å². The highest BCUT2D eigenvalue weighted by Crippen LogP contribution is 2.12. The van der Waals surface area contributed by atoms with E-state index in [1.54, 1.807) is 19.2 Å². The predicted molar refractivity (Wildman–Crippen MR) is 50.4 cm³/mol. The van der Waals surface area contributed by atoms with Crippen LogP contribution in [0.2, 0.25) is 0 Å². The summed E-state index contributed by atoms with van der Waals surface area (Å²) >= 11 is 0. The van der Waals surface area contributed by atoms with Gasteiger partial charge in [-0.1, -0.05) is 13.8 Å². The van der Waals surface area contributed by atoms with E-state index in [4.69, 9.17) is 5.73 Å². The maximum atomic E-state index is 11.7. The number of urea groups is 1. The summed E-state index contributed by atoms with van der Waals surface area (Å²) < 4.78 is 35.2. The first kappa shape index (κ1) is 14.5. The molecule has 0 saturated carbocycles. The fourth-order valence-corrected chi connectivity index (χ4v) is 0.939. The number of nitrogens with two attached hydrogens (primary N) is 1. The van der Waals surface area contributed by atoms with Crippen molar-refractivity contribution in [1.29, 1.82) is 0 Å². The fraction of sp³-hybridized carbons (Fsp3) is 0.750. The number of rotatable bonds is 4. The van der Waals surface area contributed by atoms with Crippen LogP contribution in [0.5, 0.6) is 0 Å². The molecule has 3 amide bonds. The van der Waals surface area contributed by atoms with Gasteiger partial charge in [-0.05, 0) is 5.92 Å². The van der Waals surface area contributed by atoms with Crippen LogP contribution in [0.3, 0.4) is 0 Å². The molecule has 0 aliphatic heterocycles. The molecule has 0 heterocycles. The van der Waals surface area contributed by atoms with E-state index in [9.17, 15) is 22.8 Å². The summed E-state index contributed by atoms with van der Waals surface area (Å²) in [6.07, 6.45) is -4.49. The van der Waals surface area contributed by atoms with E-state index in [-0.39, 0.29) is 5.92 Å². The molecule has 0 spiro atoms. The number of primary amides is 1. The molecule has 0 aliphatic rings. The third-order valence-electron chi connectivity index (χ3n) is 1.71. The third-order valence-corrected chi connectivity index (χ3v) is 1.71. The lowest BCUT2D eigenvalue weighted by Crippen LogP contribution is -2.52. The highest BCUT2D eigenvalue weighted by atomic mass is 19.4. The van der Waals surface area contributed by atoms with Gasteiger partial charge in [0.25, 0.3) is 0 Å². The molecule has 0 aliphatic carbocycles. The molecule has 5 nitrogen and oxygen atoms in total. The molecular weight excluding hydrogens is 227 g/mol. The van der Waals surface area contributed by atoms with Crippen molar-refractivity contribution in [1.82, 2.24) is 10.6 Å². The van der Waals surface area contributed by atoms with Gasteiger partial charge in [-0.25, -0.2) is 4.79 Å². The summed E-state index contributed by atoms with van der Waals surface area (Å²) in [5.41, 5.74) is 4.96. The first-order valence-corrected chi connectivity index (χ1v) is 4.54. The zero-order valence-corrected chi connectivity index (χ0v) is 8.89. The van der Waals surface area contributed by atoms with Crippen molar-refractivity contribution in [2.45, 2.75) is 26.1 Å². The summed E-state index contributed by atoms with van der Waals surface area (Å²) in [5.74, 6) is -1.09. The molecule has 1 unspecified atom stereocenters. The number of nitrogens with one attached hydrogen (secondary N) is 2. The summed E-state index contributed by atoms with van der Waals surface area (Å²) in [6, 6.07) is -2.07. The van der Waals surface area contributed by atoms with Crippen LogP contribution in [0.15, 0.2) is 0 Å². The van der Waals surface area contributed by atoms with Gasteiger partial charge in [0.15, 0.2) is 0 Å².